The van der Waals surface area contributed by atoms with Crippen LogP contribution in [0.15, 0.2) is 77.7 Å². The average molecular weight is 554 g/mol. The van der Waals surface area contributed by atoms with E-state index >= 15 is 0 Å². The Balaban J connectivity index is 2.03. The summed E-state index contributed by atoms with van der Waals surface area (Å²) in [6.07, 6.45) is 1.66. The minimum atomic E-state index is -4.15. The zero-order valence-electron chi connectivity index (χ0n) is 22.9. The highest BCUT2D eigenvalue weighted by atomic mass is 32.2. The van der Waals surface area contributed by atoms with Gasteiger partial charge in [0.25, 0.3) is 10.0 Å². The van der Waals surface area contributed by atoms with Crippen LogP contribution in [-0.2, 0) is 26.2 Å². The minimum absolute atomic E-state index is 0.0313. The van der Waals surface area contributed by atoms with Gasteiger partial charge >= 0.3 is 0 Å². The summed E-state index contributed by atoms with van der Waals surface area (Å²) in [5.41, 5.74) is 2.19. The molecule has 0 aliphatic rings. The number of hydrogen-bond donors (Lipinski definition) is 1. The molecule has 1 unspecified atom stereocenters. The van der Waals surface area contributed by atoms with Crippen LogP contribution in [0.3, 0.4) is 0 Å². The number of carbonyl (C=O) groups is 2. The minimum Gasteiger partial charge on any atom is -0.354 e. The molecule has 7 nitrogen and oxygen atoms in total. The number of nitrogens with zero attached hydrogens (tertiary/aromatic N) is 2. The normalized spacial score (nSPS) is 12.0. The fourth-order valence-corrected chi connectivity index (χ4v) is 5.75. The lowest BCUT2D eigenvalue weighted by Gasteiger charge is -2.32. The number of amides is 2. The molecule has 9 heteroatoms. The van der Waals surface area contributed by atoms with E-state index in [2.05, 4.69) is 5.32 Å². The van der Waals surface area contributed by atoms with Gasteiger partial charge in [-0.1, -0.05) is 67.4 Å². The third kappa shape index (κ3) is 7.44. The van der Waals surface area contributed by atoms with Crippen molar-refractivity contribution in [2.75, 3.05) is 17.4 Å². The van der Waals surface area contributed by atoms with Crippen LogP contribution in [0.25, 0.3) is 0 Å². The topological polar surface area (TPSA) is 86.8 Å². The number of hydrogen-bond acceptors (Lipinski definition) is 4. The quantitative estimate of drug-likeness (QED) is 0.321. The number of benzene rings is 3. The van der Waals surface area contributed by atoms with Gasteiger partial charge in [0.05, 0.1) is 10.6 Å². The highest BCUT2D eigenvalue weighted by Crippen LogP contribution is 2.28. The predicted octanol–water partition coefficient (Wildman–Crippen LogP) is 4.97. The van der Waals surface area contributed by atoms with E-state index in [1.165, 1.54) is 23.1 Å². The summed E-state index contributed by atoms with van der Waals surface area (Å²) in [5, 5.41) is 2.82. The lowest BCUT2D eigenvalue weighted by molar-refractivity contribution is -0.139. The summed E-state index contributed by atoms with van der Waals surface area (Å²) in [7, 11) is -4.15. The molecule has 0 spiro atoms. The number of carbonyl (C=O) groups excluding carboxylic acids is 2. The molecule has 0 saturated carbocycles. The number of sulfonamides is 1. The Hall–Kier alpha value is -3.72. The highest BCUT2D eigenvalue weighted by Gasteiger charge is 2.33. The van der Waals surface area contributed by atoms with E-state index in [-0.39, 0.29) is 17.0 Å². The van der Waals surface area contributed by atoms with Gasteiger partial charge in [0.15, 0.2) is 0 Å². The molecule has 208 valence electrons. The van der Waals surface area contributed by atoms with Crippen molar-refractivity contribution in [3.8, 4) is 0 Å². The number of anilines is 1. The highest BCUT2D eigenvalue weighted by molar-refractivity contribution is 7.92. The van der Waals surface area contributed by atoms with Crippen LogP contribution in [0.2, 0.25) is 0 Å². The van der Waals surface area contributed by atoms with Gasteiger partial charge < -0.3 is 10.2 Å². The van der Waals surface area contributed by atoms with Crippen LogP contribution in [0.4, 0.5) is 10.1 Å². The smallest absolute Gasteiger partial charge is 0.264 e. The van der Waals surface area contributed by atoms with Crippen molar-refractivity contribution in [1.82, 2.24) is 10.2 Å². The van der Waals surface area contributed by atoms with Gasteiger partial charge in [0.1, 0.15) is 18.4 Å². The molecule has 3 rings (SSSR count). The molecular formula is C30H36FN3O4S. The van der Waals surface area contributed by atoms with Crippen molar-refractivity contribution in [2.24, 2.45) is 0 Å². The number of rotatable bonds is 12. The average Bonchev–Trinajstić information content (AvgIpc) is 2.91. The molecule has 3 aromatic rings. The molecule has 0 bridgehead atoms. The van der Waals surface area contributed by atoms with Crippen LogP contribution in [0.1, 0.15) is 43.4 Å². The number of halogens is 1. The summed E-state index contributed by atoms with van der Waals surface area (Å²) in [4.78, 5) is 28.1. The van der Waals surface area contributed by atoms with Gasteiger partial charge in [-0.25, -0.2) is 12.8 Å². The first-order valence-corrected chi connectivity index (χ1v) is 14.5. The monoisotopic (exact) mass is 553 g/mol. The standard InChI is InChI=1S/C30H36FN3O4S/c1-5-6-18-32-30(36)24(4)33(20-25-12-10-11-15-27(25)31)29(35)21-34(28-17-16-22(2)19-23(28)3)39(37,38)26-13-8-7-9-14-26/h7-17,19,24H,5-6,18,20-21H2,1-4H3,(H,32,36). The van der Waals surface area contributed by atoms with Gasteiger partial charge in [-0.15, -0.1) is 0 Å². The van der Waals surface area contributed by atoms with Crippen molar-refractivity contribution < 1.29 is 22.4 Å². The van der Waals surface area contributed by atoms with Crippen molar-refractivity contribution in [1.29, 1.82) is 0 Å². The largest absolute Gasteiger partial charge is 0.354 e. The van der Waals surface area contributed by atoms with Crippen molar-refractivity contribution in [2.45, 2.75) is 58.0 Å². The summed E-state index contributed by atoms with van der Waals surface area (Å²) in [6, 6.07) is 18.2. The summed E-state index contributed by atoms with van der Waals surface area (Å²) >= 11 is 0. The Kier molecular flexibility index (Phi) is 10.2. The SMILES string of the molecule is CCCCNC(=O)C(C)N(Cc1ccccc1F)C(=O)CN(c1ccc(C)cc1C)S(=O)(=O)c1ccccc1. The predicted molar refractivity (Wildman–Crippen MR) is 151 cm³/mol. The first kappa shape index (κ1) is 29.8. The Bertz CT molecular complexity index is 1400. The van der Waals surface area contributed by atoms with Crippen LogP contribution in [-0.4, -0.2) is 44.3 Å². The van der Waals surface area contributed by atoms with Crippen LogP contribution < -0.4 is 9.62 Å². The van der Waals surface area contributed by atoms with E-state index in [1.54, 1.807) is 62.4 Å². The molecule has 1 atom stereocenters. The summed E-state index contributed by atoms with van der Waals surface area (Å²) < 4.78 is 43.3. The van der Waals surface area contributed by atoms with E-state index in [1.807, 2.05) is 19.9 Å². The Morgan fingerprint density at radius 3 is 2.28 bits per heavy atom. The van der Waals surface area contributed by atoms with Gasteiger partial charge in [0.2, 0.25) is 11.8 Å². The number of aryl methyl sites for hydroxylation is 2. The molecule has 1 N–H and O–H groups in total. The fraction of sp³-hybridized carbons (Fsp3) is 0.333. The van der Waals surface area contributed by atoms with Crippen molar-refractivity contribution >= 4 is 27.5 Å². The van der Waals surface area contributed by atoms with Gasteiger partial charge in [-0.3, -0.25) is 13.9 Å². The third-order valence-electron chi connectivity index (χ3n) is 6.53. The maximum atomic E-state index is 14.6. The molecule has 0 fully saturated rings. The fourth-order valence-electron chi connectivity index (χ4n) is 4.25. The van der Waals surface area contributed by atoms with Crippen molar-refractivity contribution in [3.05, 3.63) is 95.3 Å². The molecule has 0 saturated heterocycles. The third-order valence-corrected chi connectivity index (χ3v) is 8.30. The zero-order valence-corrected chi connectivity index (χ0v) is 23.7. The Labute approximate surface area is 230 Å². The summed E-state index contributed by atoms with van der Waals surface area (Å²) in [6.45, 7) is 6.92. The first-order chi connectivity index (χ1) is 18.6. The van der Waals surface area contributed by atoms with Crippen LogP contribution >= 0.6 is 0 Å². The zero-order chi connectivity index (χ0) is 28.6. The molecule has 3 aromatic carbocycles. The van der Waals surface area contributed by atoms with Crippen molar-refractivity contribution in [3.63, 3.8) is 0 Å². The molecule has 0 aliphatic heterocycles. The maximum absolute atomic E-state index is 14.6. The van der Waals surface area contributed by atoms with Crippen LogP contribution in [0, 0.1) is 19.7 Å². The first-order valence-electron chi connectivity index (χ1n) is 13.0. The van der Waals surface area contributed by atoms with Crippen LogP contribution in [0.5, 0.6) is 0 Å². The number of nitrogens with one attached hydrogen (secondary N) is 1. The molecule has 39 heavy (non-hydrogen) atoms. The second kappa shape index (κ2) is 13.4. The van der Waals surface area contributed by atoms with E-state index in [4.69, 9.17) is 0 Å². The molecule has 0 heterocycles. The van der Waals surface area contributed by atoms with E-state index in [0.717, 1.165) is 22.7 Å². The molecule has 0 aliphatic carbocycles. The lowest BCUT2D eigenvalue weighted by Crippen LogP contribution is -2.51. The van der Waals surface area contributed by atoms with E-state index in [0.29, 0.717) is 17.8 Å². The van der Waals surface area contributed by atoms with Gasteiger partial charge in [-0.05, 0) is 57.0 Å². The lowest BCUT2D eigenvalue weighted by atomic mass is 10.1. The summed E-state index contributed by atoms with van der Waals surface area (Å²) in [5.74, 6) is -1.54. The molecule has 2 amide bonds. The van der Waals surface area contributed by atoms with E-state index in [9.17, 15) is 22.4 Å². The molecule has 0 aromatic heterocycles. The van der Waals surface area contributed by atoms with E-state index < -0.39 is 40.2 Å². The maximum Gasteiger partial charge on any atom is 0.264 e. The van der Waals surface area contributed by atoms with Gasteiger partial charge in [-0.2, -0.15) is 0 Å². The Morgan fingerprint density at radius 2 is 1.64 bits per heavy atom. The molecular weight excluding hydrogens is 517 g/mol. The van der Waals surface area contributed by atoms with Gasteiger partial charge in [0, 0.05) is 18.7 Å². The second-order valence-corrected chi connectivity index (χ2v) is 11.4. The second-order valence-electron chi connectivity index (χ2n) is 9.55. The molecule has 0 radical (unpaired) electrons. The number of unbranched alkanes of at least 4 members (excludes halogenated alkanes) is 1. The Morgan fingerprint density at radius 1 is 0.974 bits per heavy atom.